The average Bonchev–Trinajstić information content (AvgIpc) is 3.02. The zero-order valence-corrected chi connectivity index (χ0v) is 16.5. The number of esters is 1. The second-order valence-electron chi connectivity index (χ2n) is 6.62. The number of hydrogen-bond donors (Lipinski definition) is 0. The number of halogens is 1. The number of ether oxygens (including phenoxy) is 1. The molecule has 1 aliphatic rings. The Morgan fingerprint density at radius 2 is 1.65 bits per heavy atom. The first-order valence-electron chi connectivity index (χ1n) is 9.05. The summed E-state index contributed by atoms with van der Waals surface area (Å²) in [4.78, 5) is 49.5. The molecule has 0 aromatic heterocycles. The standard InChI is InChI=1S/C22H13ClN2O6/c23-17-6-2-4-8-19(17)24-20(26)15-10-9-13(11-16(15)21(24)27)22(28)31-12-14-5-1-3-7-18(14)25(29)30/h1-11H,12H2. The SMILES string of the molecule is O=C(OCc1ccccc1[N+](=O)[O-])c1ccc2c(c1)C(=O)N(c1ccccc1Cl)C2=O. The van der Waals surface area contributed by atoms with Crippen LogP contribution in [0.15, 0.2) is 66.7 Å². The van der Waals surface area contributed by atoms with Crippen molar-refractivity contribution in [1.82, 2.24) is 0 Å². The number of nitro benzene ring substituents is 1. The minimum atomic E-state index is -0.780. The molecule has 0 unspecified atom stereocenters. The Hall–Kier alpha value is -4.04. The van der Waals surface area contributed by atoms with Gasteiger partial charge < -0.3 is 4.74 Å². The van der Waals surface area contributed by atoms with Crippen LogP contribution in [-0.4, -0.2) is 22.7 Å². The zero-order valence-electron chi connectivity index (χ0n) is 15.8. The van der Waals surface area contributed by atoms with Crippen molar-refractivity contribution in [1.29, 1.82) is 0 Å². The van der Waals surface area contributed by atoms with Crippen molar-refractivity contribution in [3.8, 4) is 0 Å². The van der Waals surface area contributed by atoms with Crippen LogP contribution in [0.2, 0.25) is 5.02 Å². The topological polar surface area (TPSA) is 107 Å². The molecule has 1 aliphatic heterocycles. The molecule has 2 amide bonds. The lowest BCUT2D eigenvalue weighted by atomic mass is 10.1. The molecule has 0 saturated carbocycles. The number of carbonyl (C=O) groups excluding carboxylic acids is 3. The number of amides is 2. The van der Waals surface area contributed by atoms with E-state index in [9.17, 15) is 24.5 Å². The molecule has 3 aromatic rings. The van der Waals surface area contributed by atoms with Crippen molar-refractivity contribution in [2.45, 2.75) is 6.61 Å². The van der Waals surface area contributed by atoms with Crippen LogP contribution in [0.5, 0.6) is 0 Å². The van der Waals surface area contributed by atoms with Gasteiger partial charge in [0, 0.05) is 6.07 Å². The van der Waals surface area contributed by atoms with E-state index in [0.29, 0.717) is 0 Å². The van der Waals surface area contributed by atoms with E-state index < -0.39 is 22.7 Å². The molecule has 4 rings (SSSR count). The quantitative estimate of drug-likeness (QED) is 0.254. The molecular weight excluding hydrogens is 424 g/mol. The third-order valence-electron chi connectivity index (χ3n) is 4.76. The Kier molecular flexibility index (Phi) is 5.22. The molecule has 0 atom stereocenters. The minimum absolute atomic E-state index is 0.0412. The number of rotatable bonds is 5. The lowest BCUT2D eigenvalue weighted by Gasteiger charge is -2.15. The van der Waals surface area contributed by atoms with Crippen LogP contribution >= 0.6 is 11.6 Å². The van der Waals surface area contributed by atoms with Gasteiger partial charge in [0.25, 0.3) is 17.5 Å². The molecule has 0 bridgehead atoms. The summed E-state index contributed by atoms with van der Waals surface area (Å²) in [6, 6.07) is 16.3. The largest absolute Gasteiger partial charge is 0.457 e. The summed E-state index contributed by atoms with van der Waals surface area (Å²) < 4.78 is 5.18. The number of anilines is 1. The third kappa shape index (κ3) is 3.64. The molecule has 9 heteroatoms. The number of hydrogen-bond acceptors (Lipinski definition) is 6. The highest BCUT2D eigenvalue weighted by molar-refractivity contribution is 6.39. The molecule has 154 valence electrons. The first kappa shape index (κ1) is 20.2. The Bertz CT molecular complexity index is 1260. The molecule has 0 saturated heterocycles. The molecular formula is C22H13ClN2O6. The van der Waals surface area contributed by atoms with Crippen molar-refractivity contribution < 1.29 is 24.0 Å². The molecule has 8 nitrogen and oxygen atoms in total. The highest BCUT2D eigenvalue weighted by Crippen LogP contribution is 2.33. The van der Waals surface area contributed by atoms with Gasteiger partial charge in [-0.3, -0.25) is 19.7 Å². The minimum Gasteiger partial charge on any atom is -0.457 e. The van der Waals surface area contributed by atoms with E-state index >= 15 is 0 Å². The number of carbonyl (C=O) groups is 3. The first-order valence-corrected chi connectivity index (χ1v) is 9.43. The fourth-order valence-electron chi connectivity index (χ4n) is 3.26. The van der Waals surface area contributed by atoms with E-state index in [1.807, 2.05) is 0 Å². The normalized spacial score (nSPS) is 12.6. The second kappa shape index (κ2) is 8.00. The van der Waals surface area contributed by atoms with E-state index in [-0.39, 0.29) is 45.3 Å². The Balaban J connectivity index is 1.57. The van der Waals surface area contributed by atoms with Crippen LogP contribution in [0, 0.1) is 10.1 Å². The number of imide groups is 1. The molecule has 3 aromatic carbocycles. The number of benzene rings is 3. The third-order valence-corrected chi connectivity index (χ3v) is 5.08. The van der Waals surface area contributed by atoms with Crippen molar-refractivity contribution in [2.75, 3.05) is 4.90 Å². The van der Waals surface area contributed by atoms with Gasteiger partial charge in [0.1, 0.15) is 6.61 Å². The number of nitrogens with zero attached hydrogens (tertiary/aromatic N) is 2. The lowest BCUT2D eigenvalue weighted by Crippen LogP contribution is -2.29. The summed E-state index contributed by atoms with van der Waals surface area (Å²) in [5.74, 6) is -1.94. The number of fused-ring (bicyclic) bond motifs is 1. The summed E-state index contributed by atoms with van der Waals surface area (Å²) >= 11 is 6.13. The molecule has 31 heavy (non-hydrogen) atoms. The molecule has 1 heterocycles. The number of para-hydroxylation sites is 2. The van der Waals surface area contributed by atoms with Crippen molar-refractivity contribution >= 4 is 40.8 Å². The van der Waals surface area contributed by atoms with Crippen LogP contribution < -0.4 is 4.90 Å². The fourth-order valence-corrected chi connectivity index (χ4v) is 3.48. The molecule has 0 aliphatic carbocycles. The molecule has 0 N–H and O–H groups in total. The van der Waals surface area contributed by atoms with Gasteiger partial charge in [-0.2, -0.15) is 0 Å². The van der Waals surface area contributed by atoms with Gasteiger partial charge >= 0.3 is 5.97 Å². The monoisotopic (exact) mass is 436 g/mol. The van der Waals surface area contributed by atoms with Crippen LogP contribution in [0.4, 0.5) is 11.4 Å². The predicted molar refractivity (Wildman–Crippen MR) is 111 cm³/mol. The van der Waals surface area contributed by atoms with Gasteiger partial charge in [-0.05, 0) is 36.4 Å². The number of nitro groups is 1. The molecule has 0 fully saturated rings. The van der Waals surface area contributed by atoms with E-state index in [1.54, 1.807) is 30.3 Å². The van der Waals surface area contributed by atoms with Crippen molar-refractivity contribution in [2.24, 2.45) is 0 Å². The van der Waals surface area contributed by atoms with Crippen molar-refractivity contribution in [3.05, 3.63) is 104 Å². The van der Waals surface area contributed by atoms with Crippen molar-refractivity contribution in [3.63, 3.8) is 0 Å². The highest BCUT2D eigenvalue weighted by Gasteiger charge is 2.38. The Labute approximate surface area is 180 Å². The van der Waals surface area contributed by atoms with Gasteiger partial charge in [-0.25, -0.2) is 9.69 Å². The van der Waals surface area contributed by atoms with Crippen LogP contribution in [0.1, 0.15) is 36.6 Å². The van der Waals surface area contributed by atoms with Gasteiger partial charge in [-0.1, -0.05) is 35.9 Å². The van der Waals surface area contributed by atoms with Gasteiger partial charge in [-0.15, -0.1) is 0 Å². The van der Waals surface area contributed by atoms with E-state index in [1.165, 1.54) is 36.4 Å². The Morgan fingerprint density at radius 1 is 0.968 bits per heavy atom. The molecule has 0 spiro atoms. The smallest absolute Gasteiger partial charge is 0.338 e. The predicted octanol–water partition coefficient (Wildman–Crippen LogP) is 4.41. The fraction of sp³-hybridized carbons (Fsp3) is 0.0455. The average molecular weight is 437 g/mol. The van der Waals surface area contributed by atoms with E-state index in [0.717, 1.165) is 4.90 Å². The van der Waals surface area contributed by atoms with Gasteiger partial charge in [0.05, 0.1) is 37.9 Å². The zero-order chi connectivity index (χ0) is 22.1. The summed E-state index contributed by atoms with van der Waals surface area (Å²) in [7, 11) is 0. The van der Waals surface area contributed by atoms with Crippen LogP contribution in [0.3, 0.4) is 0 Å². The maximum Gasteiger partial charge on any atom is 0.338 e. The van der Waals surface area contributed by atoms with E-state index in [2.05, 4.69) is 0 Å². The summed E-state index contributed by atoms with van der Waals surface area (Å²) in [6.07, 6.45) is 0. The van der Waals surface area contributed by atoms with Gasteiger partial charge in [0.15, 0.2) is 0 Å². The van der Waals surface area contributed by atoms with E-state index in [4.69, 9.17) is 16.3 Å². The second-order valence-corrected chi connectivity index (χ2v) is 7.03. The maximum atomic E-state index is 12.9. The highest BCUT2D eigenvalue weighted by atomic mass is 35.5. The summed E-state index contributed by atoms with van der Waals surface area (Å²) in [5, 5.41) is 11.3. The van der Waals surface area contributed by atoms with Crippen LogP contribution in [0.25, 0.3) is 0 Å². The maximum absolute atomic E-state index is 12.9. The van der Waals surface area contributed by atoms with Gasteiger partial charge in [0.2, 0.25) is 0 Å². The lowest BCUT2D eigenvalue weighted by molar-refractivity contribution is -0.385. The summed E-state index contributed by atoms with van der Waals surface area (Å²) in [6.45, 7) is -0.314. The first-order chi connectivity index (χ1) is 14.9. The summed E-state index contributed by atoms with van der Waals surface area (Å²) in [5.41, 5.74) is 0.541. The van der Waals surface area contributed by atoms with Crippen LogP contribution in [-0.2, 0) is 11.3 Å². The Morgan fingerprint density at radius 3 is 2.39 bits per heavy atom. The molecule has 0 radical (unpaired) electrons.